The van der Waals surface area contributed by atoms with Gasteiger partial charge in [-0.1, -0.05) is 64.5 Å². The molecule has 1 aromatic carbocycles. The first kappa shape index (κ1) is 33.7. The molecule has 1 aliphatic rings. The van der Waals surface area contributed by atoms with Crippen LogP contribution < -0.4 is 14.2 Å². The van der Waals surface area contributed by atoms with E-state index in [4.69, 9.17) is 18.9 Å². The van der Waals surface area contributed by atoms with Gasteiger partial charge in [-0.05, 0) is 43.5 Å². The zero-order valence-electron chi connectivity index (χ0n) is 25.2. The maximum absolute atomic E-state index is 12.8. The third kappa shape index (κ3) is 10.8. The Morgan fingerprint density at radius 2 is 1.74 bits per heavy atom. The third-order valence-corrected chi connectivity index (χ3v) is 5.99. The highest BCUT2D eigenvalue weighted by atomic mass is 16.5. The molecule has 3 rings (SSSR count). The molecule has 1 saturated heterocycles. The van der Waals surface area contributed by atoms with Crippen molar-refractivity contribution in [2.45, 2.75) is 60.3 Å². The second-order valence-electron chi connectivity index (χ2n) is 8.29. The van der Waals surface area contributed by atoms with Crippen LogP contribution in [0, 0.1) is 0 Å². The van der Waals surface area contributed by atoms with Gasteiger partial charge >= 0.3 is 0 Å². The molecule has 1 fully saturated rings. The lowest BCUT2D eigenvalue weighted by Gasteiger charge is -2.39. The lowest BCUT2D eigenvalue weighted by molar-refractivity contribution is 0.0595. The van der Waals surface area contributed by atoms with Gasteiger partial charge in [0.1, 0.15) is 18.1 Å². The lowest BCUT2D eigenvalue weighted by atomic mass is 9.91. The van der Waals surface area contributed by atoms with Crippen molar-refractivity contribution in [2.75, 3.05) is 47.1 Å². The first-order chi connectivity index (χ1) is 19.1. The summed E-state index contributed by atoms with van der Waals surface area (Å²) in [4.78, 5) is 18.9. The van der Waals surface area contributed by atoms with Gasteiger partial charge in [-0.25, -0.2) is 0 Å². The van der Waals surface area contributed by atoms with Crippen LogP contribution in [-0.2, 0) is 4.74 Å². The molecule has 0 unspecified atom stereocenters. The molecule has 7 heteroatoms. The van der Waals surface area contributed by atoms with Gasteiger partial charge < -0.3 is 23.8 Å². The Bertz CT molecular complexity index is 1030. The number of methoxy groups -OCH3 is 2. The Morgan fingerprint density at radius 3 is 2.38 bits per heavy atom. The van der Waals surface area contributed by atoms with Crippen LogP contribution in [0.2, 0.25) is 0 Å². The van der Waals surface area contributed by atoms with E-state index >= 15 is 0 Å². The van der Waals surface area contributed by atoms with Crippen molar-refractivity contribution in [3.05, 3.63) is 71.6 Å². The van der Waals surface area contributed by atoms with E-state index in [9.17, 15) is 4.79 Å². The Morgan fingerprint density at radius 1 is 1.00 bits per heavy atom. The Labute approximate surface area is 235 Å². The van der Waals surface area contributed by atoms with E-state index in [-0.39, 0.29) is 11.8 Å². The Kier molecular flexibility index (Phi) is 17.0. The largest absolute Gasteiger partial charge is 0.493 e. The number of hydrogen-bond acceptors (Lipinski definition) is 6. The summed E-state index contributed by atoms with van der Waals surface area (Å²) in [5, 5.41) is 0. The number of carbonyl (C=O) groups is 1. The molecule has 2 aromatic rings. The molecule has 39 heavy (non-hydrogen) atoms. The summed E-state index contributed by atoms with van der Waals surface area (Å²) in [5.41, 5.74) is 2.83. The first-order valence-corrected chi connectivity index (χ1v) is 14.1. The maximum Gasteiger partial charge on any atom is 0.272 e. The van der Waals surface area contributed by atoms with Crippen molar-refractivity contribution in [3.8, 4) is 17.2 Å². The smallest absolute Gasteiger partial charge is 0.272 e. The molecule has 0 bridgehead atoms. The number of carbonyl (C=O) groups excluding carboxylic acids is 1. The van der Waals surface area contributed by atoms with Gasteiger partial charge in [0.15, 0.2) is 11.5 Å². The van der Waals surface area contributed by atoms with Crippen LogP contribution in [0.25, 0.3) is 0 Å². The van der Waals surface area contributed by atoms with Crippen LogP contribution >= 0.6 is 0 Å². The van der Waals surface area contributed by atoms with Crippen LogP contribution in [0.5, 0.6) is 17.2 Å². The molecule has 1 aromatic heterocycles. The number of nitrogens with zero attached hydrogens (tertiary/aromatic N) is 2. The fraction of sp³-hybridized carbons (Fsp3) is 0.500. The zero-order valence-corrected chi connectivity index (χ0v) is 25.2. The number of allylic oxidation sites excluding steroid dienone is 3. The second kappa shape index (κ2) is 19.7. The molecule has 0 atom stereocenters. The molecular weight excluding hydrogens is 492 g/mol. The molecule has 1 amide bonds. The van der Waals surface area contributed by atoms with Gasteiger partial charge in [-0.3, -0.25) is 9.78 Å². The second-order valence-corrected chi connectivity index (χ2v) is 8.29. The quantitative estimate of drug-likeness (QED) is 0.200. The summed E-state index contributed by atoms with van der Waals surface area (Å²) in [5.74, 6) is 2.21. The predicted molar refractivity (Wildman–Crippen MR) is 159 cm³/mol. The minimum atomic E-state index is -0.0948. The van der Waals surface area contributed by atoms with Crippen LogP contribution in [0.1, 0.15) is 76.4 Å². The van der Waals surface area contributed by atoms with Gasteiger partial charge in [0.2, 0.25) is 0 Å². The summed E-state index contributed by atoms with van der Waals surface area (Å²) in [6, 6.07) is 9.43. The van der Waals surface area contributed by atoms with E-state index in [0.717, 1.165) is 24.2 Å². The van der Waals surface area contributed by atoms with Crippen molar-refractivity contribution < 1.29 is 23.7 Å². The van der Waals surface area contributed by atoms with Crippen LogP contribution in [-0.4, -0.2) is 62.9 Å². The first-order valence-electron chi connectivity index (χ1n) is 14.1. The summed E-state index contributed by atoms with van der Waals surface area (Å²) < 4.78 is 22.1. The van der Waals surface area contributed by atoms with Gasteiger partial charge in [0, 0.05) is 38.4 Å². The van der Waals surface area contributed by atoms with Crippen molar-refractivity contribution in [2.24, 2.45) is 0 Å². The highest BCUT2D eigenvalue weighted by Gasteiger charge is 2.33. The number of likely N-dealkylation sites (tertiary alicyclic amines) is 1. The molecule has 0 saturated carbocycles. The van der Waals surface area contributed by atoms with E-state index < -0.39 is 0 Å². The molecule has 7 nitrogen and oxygen atoms in total. The Hall–Kier alpha value is -3.32. The van der Waals surface area contributed by atoms with Crippen molar-refractivity contribution in [3.63, 3.8) is 0 Å². The Balaban J connectivity index is 0.00000181. The van der Waals surface area contributed by atoms with Gasteiger partial charge in [0.25, 0.3) is 5.91 Å². The number of aromatic nitrogens is 1. The summed E-state index contributed by atoms with van der Waals surface area (Å²) in [6.45, 7) is 15.0. The van der Waals surface area contributed by atoms with Crippen LogP contribution in [0.3, 0.4) is 0 Å². The minimum Gasteiger partial charge on any atom is -0.493 e. The summed E-state index contributed by atoms with van der Waals surface area (Å²) in [6.07, 6.45) is 9.85. The van der Waals surface area contributed by atoms with E-state index in [1.54, 1.807) is 37.4 Å². The molecular formula is C32H48N2O5. The number of ether oxygens (including phenoxy) is 4. The molecule has 216 valence electrons. The van der Waals surface area contributed by atoms with Crippen LogP contribution in [0.15, 0.2) is 60.3 Å². The monoisotopic (exact) mass is 540 g/mol. The fourth-order valence-corrected chi connectivity index (χ4v) is 3.83. The molecule has 1 aliphatic heterocycles. The molecule has 0 spiro atoms. The normalized spacial score (nSPS) is 13.0. The number of hydrogen-bond donors (Lipinski definition) is 0. The van der Waals surface area contributed by atoms with E-state index in [1.165, 1.54) is 5.57 Å². The number of rotatable bonds is 13. The number of benzene rings is 1. The zero-order chi connectivity index (χ0) is 29.0. The number of amides is 1. The molecule has 0 radical (unpaired) electrons. The molecule has 0 N–H and O–H groups in total. The molecule has 0 aliphatic carbocycles. The number of pyridine rings is 1. The average molecular weight is 541 g/mol. The predicted octanol–water partition coefficient (Wildman–Crippen LogP) is 7.09. The van der Waals surface area contributed by atoms with Crippen LogP contribution in [0.4, 0.5) is 0 Å². The average Bonchev–Trinajstić information content (AvgIpc) is 2.97. The van der Waals surface area contributed by atoms with E-state index in [2.05, 4.69) is 43.1 Å². The lowest BCUT2D eigenvalue weighted by Crippen LogP contribution is -2.48. The third-order valence-electron chi connectivity index (χ3n) is 5.99. The highest BCUT2D eigenvalue weighted by Crippen LogP contribution is 2.35. The summed E-state index contributed by atoms with van der Waals surface area (Å²) >= 11 is 0. The standard InChI is InChI=1S/C28H36N2O5.2C2H6/c1-5-21(6-2)9-7-8-14-35-26-11-10-22(17-27(26)33-4)23-19-30(20-23)28(31)25-18-24(12-13-29-25)34-16-15-32-3;2*1-2/h5,7,9-13,17-18,23H,6,8,14-16,19-20H2,1-4H3;2*1-2H3/b9-7-,21-5-;;. The van der Waals surface area contributed by atoms with Gasteiger partial charge in [-0.15, -0.1) is 0 Å². The van der Waals surface area contributed by atoms with E-state index in [0.29, 0.717) is 50.1 Å². The van der Waals surface area contributed by atoms with Crippen molar-refractivity contribution >= 4 is 5.91 Å². The van der Waals surface area contributed by atoms with Gasteiger partial charge in [-0.2, -0.15) is 0 Å². The topological polar surface area (TPSA) is 70.1 Å². The van der Waals surface area contributed by atoms with E-state index in [1.807, 2.05) is 39.8 Å². The van der Waals surface area contributed by atoms with Crippen molar-refractivity contribution in [1.29, 1.82) is 0 Å². The highest BCUT2D eigenvalue weighted by molar-refractivity contribution is 5.93. The summed E-state index contributed by atoms with van der Waals surface area (Å²) in [7, 11) is 3.27. The fourth-order valence-electron chi connectivity index (χ4n) is 3.83. The minimum absolute atomic E-state index is 0.0948. The SMILES string of the molecule is C/C=C(\C=C/CCOc1ccc(C2CN(C(=O)c3cc(OCCOC)ccn3)C2)cc1OC)CC.CC.CC. The van der Waals surface area contributed by atoms with Crippen molar-refractivity contribution in [1.82, 2.24) is 9.88 Å². The van der Waals surface area contributed by atoms with Gasteiger partial charge in [0.05, 0.1) is 20.3 Å². The maximum atomic E-state index is 12.8. The molecule has 2 heterocycles.